The average Bonchev–Trinajstić information content (AvgIpc) is 3.23. The predicted octanol–water partition coefficient (Wildman–Crippen LogP) is 4.39. The minimum absolute atomic E-state index is 0.134. The minimum Gasteiger partial charge on any atom is -0.283 e. The van der Waals surface area contributed by atoms with Gasteiger partial charge in [-0.1, -0.05) is 36.0 Å². The quantitative estimate of drug-likeness (QED) is 0.526. The molecule has 0 radical (unpaired) electrons. The van der Waals surface area contributed by atoms with Gasteiger partial charge in [-0.3, -0.25) is 9.36 Å². The highest BCUT2D eigenvalue weighted by atomic mass is 32.2. The van der Waals surface area contributed by atoms with Gasteiger partial charge in [0.15, 0.2) is 5.16 Å². The van der Waals surface area contributed by atoms with Crippen LogP contribution in [0.4, 0.5) is 0 Å². The third-order valence-corrected chi connectivity index (χ3v) is 5.90. The average molecular weight is 328 g/mol. The Morgan fingerprint density at radius 1 is 1.32 bits per heavy atom. The molecule has 0 N–H and O–H groups in total. The SMILES string of the molecule is Cc1ccccc1CSc1nc2ccsc2c(=O)n1C1CC1. The summed E-state index contributed by atoms with van der Waals surface area (Å²) in [5.41, 5.74) is 3.55. The van der Waals surface area contributed by atoms with E-state index in [1.807, 2.05) is 16.0 Å². The van der Waals surface area contributed by atoms with Crippen LogP contribution in [0.1, 0.15) is 30.0 Å². The standard InChI is InChI=1S/C17H16N2OS2/c1-11-4-2-3-5-12(11)10-22-17-18-14-8-9-21-15(14)16(20)19(17)13-6-7-13/h2-5,8-9,13H,6-7,10H2,1H3. The van der Waals surface area contributed by atoms with Gasteiger partial charge >= 0.3 is 0 Å². The Bertz CT molecular complexity index is 893. The Kier molecular flexibility index (Phi) is 3.54. The highest BCUT2D eigenvalue weighted by Crippen LogP contribution is 2.37. The van der Waals surface area contributed by atoms with E-state index < -0.39 is 0 Å². The fourth-order valence-corrected chi connectivity index (χ4v) is 4.48. The lowest BCUT2D eigenvalue weighted by molar-refractivity contribution is 0.619. The van der Waals surface area contributed by atoms with Gasteiger partial charge in [0.1, 0.15) is 4.70 Å². The van der Waals surface area contributed by atoms with Gasteiger partial charge in [0.25, 0.3) is 5.56 Å². The molecule has 1 fully saturated rings. The van der Waals surface area contributed by atoms with E-state index in [1.54, 1.807) is 11.8 Å². The first-order chi connectivity index (χ1) is 10.7. The molecule has 0 unspecified atom stereocenters. The smallest absolute Gasteiger partial charge is 0.272 e. The molecule has 5 heteroatoms. The van der Waals surface area contributed by atoms with Crippen LogP contribution >= 0.6 is 23.1 Å². The van der Waals surface area contributed by atoms with Gasteiger partial charge in [-0.25, -0.2) is 4.98 Å². The molecule has 2 aromatic heterocycles. The van der Waals surface area contributed by atoms with Crippen LogP contribution in [0.25, 0.3) is 10.2 Å². The number of aromatic nitrogens is 2. The highest BCUT2D eigenvalue weighted by Gasteiger charge is 2.28. The van der Waals surface area contributed by atoms with Gasteiger partial charge in [0.05, 0.1) is 5.52 Å². The third-order valence-electron chi connectivity index (χ3n) is 4.01. The number of thiophene rings is 1. The second-order valence-corrected chi connectivity index (χ2v) is 7.51. The predicted molar refractivity (Wildman–Crippen MR) is 92.9 cm³/mol. The number of benzene rings is 1. The molecule has 112 valence electrons. The largest absolute Gasteiger partial charge is 0.283 e. The van der Waals surface area contributed by atoms with Crippen LogP contribution in [-0.4, -0.2) is 9.55 Å². The number of thioether (sulfide) groups is 1. The second kappa shape index (κ2) is 5.56. The van der Waals surface area contributed by atoms with Gasteiger partial charge in [-0.05, 0) is 42.3 Å². The van der Waals surface area contributed by atoms with Crippen LogP contribution in [0.2, 0.25) is 0 Å². The summed E-state index contributed by atoms with van der Waals surface area (Å²) in [7, 11) is 0. The Morgan fingerprint density at radius 3 is 2.91 bits per heavy atom. The van der Waals surface area contributed by atoms with E-state index in [1.165, 1.54) is 22.5 Å². The van der Waals surface area contributed by atoms with Crippen LogP contribution < -0.4 is 5.56 Å². The molecule has 22 heavy (non-hydrogen) atoms. The molecular formula is C17H16N2OS2. The molecule has 0 amide bonds. The zero-order valence-electron chi connectivity index (χ0n) is 12.3. The first kappa shape index (κ1) is 14.0. The molecule has 0 aliphatic heterocycles. The molecule has 3 aromatic rings. The van der Waals surface area contributed by atoms with Crippen molar-refractivity contribution < 1.29 is 0 Å². The number of nitrogens with zero attached hydrogens (tertiary/aromatic N) is 2. The molecule has 1 aromatic carbocycles. The summed E-state index contributed by atoms with van der Waals surface area (Å²) in [6.07, 6.45) is 2.19. The lowest BCUT2D eigenvalue weighted by atomic mass is 10.1. The van der Waals surface area contributed by atoms with Crippen LogP contribution in [-0.2, 0) is 5.75 Å². The van der Waals surface area contributed by atoms with Crippen molar-refractivity contribution in [2.24, 2.45) is 0 Å². The second-order valence-electron chi connectivity index (χ2n) is 5.65. The Balaban J connectivity index is 1.73. The van der Waals surface area contributed by atoms with Crippen LogP contribution in [0.5, 0.6) is 0 Å². The van der Waals surface area contributed by atoms with Crippen molar-refractivity contribution in [3.8, 4) is 0 Å². The number of hydrogen-bond acceptors (Lipinski definition) is 4. The van der Waals surface area contributed by atoms with E-state index >= 15 is 0 Å². The van der Waals surface area contributed by atoms with Crippen LogP contribution in [0, 0.1) is 6.92 Å². The summed E-state index contributed by atoms with van der Waals surface area (Å²) in [6, 6.07) is 10.7. The summed E-state index contributed by atoms with van der Waals surface area (Å²) in [4.78, 5) is 17.4. The summed E-state index contributed by atoms with van der Waals surface area (Å²) in [5.74, 6) is 0.849. The van der Waals surface area contributed by atoms with E-state index in [9.17, 15) is 4.79 Å². The van der Waals surface area contributed by atoms with E-state index in [2.05, 4.69) is 31.2 Å². The van der Waals surface area contributed by atoms with Crippen molar-refractivity contribution in [2.75, 3.05) is 0 Å². The minimum atomic E-state index is 0.134. The zero-order chi connectivity index (χ0) is 15.1. The fourth-order valence-electron chi connectivity index (χ4n) is 2.57. The van der Waals surface area contributed by atoms with Crippen LogP contribution in [0.15, 0.2) is 45.7 Å². The van der Waals surface area contributed by atoms with Gasteiger partial charge in [0, 0.05) is 11.8 Å². The molecule has 0 atom stereocenters. The lowest BCUT2D eigenvalue weighted by Crippen LogP contribution is -2.21. The first-order valence-electron chi connectivity index (χ1n) is 7.41. The Hall–Kier alpha value is -1.59. The van der Waals surface area contributed by atoms with Crippen molar-refractivity contribution in [3.63, 3.8) is 0 Å². The summed E-state index contributed by atoms with van der Waals surface area (Å²) in [6.45, 7) is 2.12. The van der Waals surface area contributed by atoms with Crippen molar-refractivity contribution in [1.82, 2.24) is 9.55 Å². The molecule has 0 bridgehead atoms. The third kappa shape index (κ3) is 2.48. The van der Waals surface area contributed by atoms with Crippen molar-refractivity contribution >= 4 is 33.3 Å². The number of fused-ring (bicyclic) bond motifs is 1. The maximum Gasteiger partial charge on any atom is 0.272 e. The van der Waals surface area contributed by atoms with E-state index in [4.69, 9.17) is 4.98 Å². The maximum absolute atomic E-state index is 12.7. The molecule has 4 rings (SSSR count). The monoisotopic (exact) mass is 328 g/mol. The Morgan fingerprint density at radius 2 is 2.14 bits per heavy atom. The van der Waals surface area contributed by atoms with Crippen molar-refractivity contribution in [3.05, 3.63) is 57.2 Å². The summed E-state index contributed by atoms with van der Waals surface area (Å²) in [5, 5.41) is 2.81. The highest BCUT2D eigenvalue weighted by molar-refractivity contribution is 7.98. The summed E-state index contributed by atoms with van der Waals surface area (Å²) < 4.78 is 2.70. The van der Waals surface area contributed by atoms with E-state index in [0.29, 0.717) is 6.04 Å². The van der Waals surface area contributed by atoms with Gasteiger partial charge < -0.3 is 0 Å². The first-order valence-corrected chi connectivity index (χ1v) is 9.27. The number of aryl methyl sites for hydroxylation is 1. The molecular weight excluding hydrogens is 312 g/mol. The molecule has 3 nitrogen and oxygen atoms in total. The zero-order valence-corrected chi connectivity index (χ0v) is 13.9. The number of hydrogen-bond donors (Lipinski definition) is 0. The van der Waals surface area contributed by atoms with E-state index in [-0.39, 0.29) is 5.56 Å². The topological polar surface area (TPSA) is 34.9 Å². The normalized spacial score (nSPS) is 14.6. The van der Waals surface area contributed by atoms with Gasteiger partial charge in [0.2, 0.25) is 0 Å². The molecule has 1 saturated carbocycles. The molecule has 0 spiro atoms. The molecule has 2 heterocycles. The van der Waals surface area contributed by atoms with E-state index in [0.717, 1.165) is 34.0 Å². The van der Waals surface area contributed by atoms with Crippen molar-refractivity contribution in [2.45, 2.75) is 36.7 Å². The van der Waals surface area contributed by atoms with Gasteiger partial charge in [-0.15, -0.1) is 11.3 Å². The molecule has 0 saturated heterocycles. The maximum atomic E-state index is 12.7. The van der Waals surface area contributed by atoms with Crippen molar-refractivity contribution in [1.29, 1.82) is 0 Å². The number of rotatable bonds is 4. The molecule has 1 aliphatic carbocycles. The molecule has 1 aliphatic rings. The Labute approximate surface area is 137 Å². The lowest BCUT2D eigenvalue weighted by Gasteiger charge is -2.11. The fraction of sp³-hybridized carbons (Fsp3) is 0.294. The summed E-state index contributed by atoms with van der Waals surface area (Å²) >= 11 is 3.17. The van der Waals surface area contributed by atoms with Crippen LogP contribution in [0.3, 0.4) is 0 Å². The van der Waals surface area contributed by atoms with Gasteiger partial charge in [-0.2, -0.15) is 0 Å².